The van der Waals surface area contributed by atoms with Gasteiger partial charge in [0.15, 0.2) is 0 Å². The fourth-order valence-corrected chi connectivity index (χ4v) is 2.24. The average Bonchev–Trinajstić information content (AvgIpc) is 2.42. The molecule has 0 aliphatic heterocycles. The summed E-state index contributed by atoms with van der Waals surface area (Å²) in [5.41, 5.74) is 7.52. The molecule has 1 amide bonds. The van der Waals surface area contributed by atoms with Crippen molar-refractivity contribution in [3.63, 3.8) is 0 Å². The van der Waals surface area contributed by atoms with Crippen LogP contribution in [0.2, 0.25) is 0 Å². The molecule has 0 unspecified atom stereocenters. The van der Waals surface area contributed by atoms with Crippen molar-refractivity contribution in [3.8, 4) is 0 Å². The van der Waals surface area contributed by atoms with E-state index in [1.54, 1.807) is 0 Å². The molecule has 0 aromatic heterocycles. The average molecular weight is 262 g/mol. The molecular weight excluding hydrogens is 236 g/mol. The lowest BCUT2D eigenvalue weighted by molar-refractivity contribution is -0.130. The van der Waals surface area contributed by atoms with Crippen LogP contribution >= 0.6 is 0 Å². The number of rotatable bonds is 7. The van der Waals surface area contributed by atoms with Gasteiger partial charge in [0.05, 0.1) is 6.42 Å². The van der Waals surface area contributed by atoms with Gasteiger partial charge in [0.2, 0.25) is 5.91 Å². The van der Waals surface area contributed by atoms with Crippen LogP contribution in [0, 0.1) is 5.92 Å². The normalized spacial score (nSPS) is 10.7. The van der Waals surface area contributed by atoms with Gasteiger partial charge in [-0.3, -0.25) is 4.79 Å². The molecule has 3 nitrogen and oxygen atoms in total. The maximum absolute atomic E-state index is 12.3. The molecule has 106 valence electrons. The van der Waals surface area contributed by atoms with Crippen molar-refractivity contribution in [2.75, 3.05) is 18.8 Å². The molecule has 1 aromatic rings. The quantitative estimate of drug-likeness (QED) is 0.767. The van der Waals surface area contributed by atoms with Crippen LogP contribution in [0.4, 0.5) is 5.69 Å². The van der Waals surface area contributed by atoms with Crippen LogP contribution in [0.15, 0.2) is 24.3 Å². The van der Waals surface area contributed by atoms with E-state index in [2.05, 4.69) is 13.8 Å². The van der Waals surface area contributed by atoms with Gasteiger partial charge in [0.1, 0.15) is 0 Å². The number of anilines is 1. The third-order valence-corrected chi connectivity index (χ3v) is 3.76. The summed E-state index contributed by atoms with van der Waals surface area (Å²) in [6, 6.07) is 7.60. The Morgan fingerprint density at radius 3 is 2.37 bits per heavy atom. The number of hydrogen-bond donors (Lipinski definition) is 1. The topological polar surface area (TPSA) is 46.3 Å². The largest absolute Gasteiger partial charge is 0.398 e. The highest BCUT2D eigenvalue weighted by Crippen LogP contribution is 2.14. The standard InChI is InChI=1S/C16H26N2O/c1-4-13(5-2)12-18(6-3)16(19)11-14-9-7-8-10-15(14)17/h7-10,13H,4-6,11-12,17H2,1-3H3. The monoisotopic (exact) mass is 262 g/mol. The molecule has 0 aliphatic carbocycles. The molecule has 0 bridgehead atoms. The molecule has 0 aliphatic rings. The van der Waals surface area contributed by atoms with Gasteiger partial charge in [-0.1, -0.05) is 44.9 Å². The molecule has 1 aromatic carbocycles. The second-order valence-corrected chi connectivity index (χ2v) is 4.99. The smallest absolute Gasteiger partial charge is 0.227 e. The van der Waals surface area contributed by atoms with Crippen LogP contribution in [-0.2, 0) is 11.2 Å². The number of amides is 1. The van der Waals surface area contributed by atoms with Gasteiger partial charge in [-0.05, 0) is 24.5 Å². The summed E-state index contributed by atoms with van der Waals surface area (Å²) in [5, 5.41) is 0. The van der Waals surface area contributed by atoms with Crippen LogP contribution in [-0.4, -0.2) is 23.9 Å². The zero-order valence-electron chi connectivity index (χ0n) is 12.4. The summed E-state index contributed by atoms with van der Waals surface area (Å²) >= 11 is 0. The molecule has 0 spiro atoms. The lowest BCUT2D eigenvalue weighted by atomic mass is 10.0. The Balaban J connectivity index is 2.66. The van der Waals surface area contributed by atoms with E-state index in [1.807, 2.05) is 36.1 Å². The first-order valence-electron chi connectivity index (χ1n) is 7.23. The van der Waals surface area contributed by atoms with E-state index < -0.39 is 0 Å². The Morgan fingerprint density at radius 2 is 1.84 bits per heavy atom. The molecule has 0 saturated heterocycles. The predicted molar refractivity (Wildman–Crippen MR) is 80.9 cm³/mol. The molecule has 1 rings (SSSR count). The van der Waals surface area contributed by atoms with Gasteiger partial charge < -0.3 is 10.6 Å². The van der Waals surface area contributed by atoms with Gasteiger partial charge >= 0.3 is 0 Å². The van der Waals surface area contributed by atoms with Gasteiger partial charge in [0.25, 0.3) is 0 Å². The molecule has 3 heteroatoms. The van der Waals surface area contributed by atoms with E-state index in [9.17, 15) is 4.79 Å². The fraction of sp³-hybridized carbons (Fsp3) is 0.562. The highest BCUT2D eigenvalue weighted by atomic mass is 16.2. The SMILES string of the molecule is CCC(CC)CN(CC)C(=O)Cc1ccccc1N. The van der Waals surface area contributed by atoms with Gasteiger partial charge in [0, 0.05) is 18.8 Å². The van der Waals surface area contributed by atoms with Crippen LogP contribution in [0.5, 0.6) is 0 Å². The van der Waals surface area contributed by atoms with Crippen LogP contribution in [0.25, 0.3) is 0 Å². The Kier molecular flexibility index (Phi) is 6.40. The summed E-state index contributed by atoms with van der Waals surface area (Å²) in [6.07, 6.45) is 2.64. The molecule has 19 heavy (non-hydrogen) atoms. The first-order chi connectivity index (χ1) is 9.12. The first-order valence-corrected chi connectivity index (χ1v) is 7.23. The van der Waals surface area contributed by atoms with Crippen molar-refractivity contribution in [2.24, 2.45) is 5.92 Å². The van der Waals surface area contributed by atoms with E-state index in [0.29, 0.717) is 18.0 Å². The summed E-state index contributed by atoms with van der Waals surface area (Å²) in [5.74, 6) is 0.768. The van der Waals surface area contributed by atoms with Crippen molar-refractivity contribution < 1.29 is 4.79 Å². The maximum atomic E-state index is 12.3. The van der Waals surface area contributed by atoms with E-state index in [1.165, 1.54) is 0 Å². The van der Waals surface area contributed by atoms with Crippen LogP contribution in [0.3, 0.4) is 0 Å². The van der Waals surface area contributed by atoms with Crippen molar-refractivity contribution >= 4 is 11.6 Å². The van der Waals surface area contributed by atoms with E-state index in [-0.39, 0.29) is 5.91 Å². The summed E-state index contributed by atoms with van der Waals surface area (Å²) < 4.78 is 0. The minimum absolute atomic E-state index is 0.173. The highest BCUT2D eigenvalue weighted by Gasteiger charge is 2.16. The molecule has 0 fully saturated rings. The fourth-order valence-electron chi connectivity index (χ4n) is 2.24. The highest BCUT2D eigenvalue weighted by molar-refractivity contribution is 5.80. The number of nitrogens with zero attached hydrogens (tertiary/aromatic N) is 1. The lowest BCUT2D eigenvalue weighted by Crippen LogP contribution is -2.36. The van der Waals surface area contributed by atoms with Gasteiger partial charge in [-0.15, -0.1) is 0 Å². The second kappa shape index (κ2) is 7.82. The minimum Gasteiger partial charge on any atom is -0.398 e. The minimum atomic E-state index is 0.173. The number of likely N-dealkylation sites (N-methyl/N-ethyl adjacent to an activating group) is 1. The zero-order valence-corrected chi connectivity index (χ0v) is 12.4. The molecule has 2 N–H and O–H groups in total. The Hall–Kier alpha value is -1.51. The maximum Gasteiger partial charge on any atom is 0.227 e. The summed E-state index contributed by atoms with van der Waals surface area (Å²) in [7, 11) is 0. The number of nitrogen functional groups attached to an aromatic ring is 1. The number of carbonyl (C=O) groups is 1. The Labute approximate surface area is 116 Å². The van der Waals surface area contributed by atoms with Crippen LogP contribution in [0.1, 0.15) is 39.2 Å². The molecule has 0 atom stereocenters. The van der Waals surface area contributed by atoms with Crippen molar-refractivity contribution in [3.05, 3.63) is 29.8 Å². The lowest BCUT2D eigenvalue weighted by Gasteiger charge is -2.25. The summed E-state index contributed by atoms with van der Waals surface area (Å²) in [6.45, 7) is 8.02. The molecule has 0 saturated carbocycles. The second-order valence-electron chi connectivity index (χ2n) is 4.99. The van der Waals surface area contributed by atoms with E-state index in [4.69, 9.17) is 5.73 Å². The van der Waals surface area contributed by atoms with Gasteiger partial charge in [-0.2, -0.15) is 0 Å². The molecule has 0 heterocycles. The number of para-hydroxylation sites is 1. The Morgan fingerprint density at radius 1 is 1.21 bits per heavy atom. The van der Waals surface area contributed by atoms with Crippen molar-refractivity contribution in [2.45, 2.75) is 40.0 Å². The first kappa shape index (κ1) is 15.5. The van der Waals surface area contributed by atoms with Crippen molar-refractivity contribution in [1.29, 1.82) is 0 Å². The predicted octanol–water partition coefficient (Wildman–Crippen LogP) is 3.10. The van der Waals surface area contributed by atoms with Crippen LogP contribution < -0.4 is 5.73 Å². The molecule has 0 radical (unpaired) electrons. The van der Waals surface area contributed by atoms with E-state index in [0.717, 1.165) is 31.5 Å². The van der Waals surface area contributed by atoms with Crippen molar-refractivity contribution in [1.82, 2.24) is 4.90 Å². The molecular formula is C16H26N2O. The number of carbonyl (C=O) groups excluding carboxylic acids is 1. The Bertz CT molecular complexity index is 399. The zero-order chi connectivity index (χ0) is 14.3. The van der Waals surface area contributed by atoms with Gasteiger partial charge in [-0.25, -0.2) is 0 Å². The number of nitrogens with two attached hydrogens (primary N) is 1. The van der Waals surface area contributed by atoms with E-state index >= 15 is 0 Å². The number of benzene rings is 1. The summed E-state index contributed by atoms with van der Waals surface area (Å²) in [4.78, 5) is 14.3. The third kappa shape index (κ3) is 4.58. The third-order valence-electron chi connectivity index (χ3n) is 3.76. The number of hydrogen-bond acceptors (Lipinski definition) is 2.